The Morgan fingerprint density at radius 3 is 2.41 bits per heavy atom. The second-order valence-electron chi connectivity index (χ2n) is 7.11. The van der Waals surface area contributed by atoms with Crippen molar-refractivity contribution in [3.05, 3.63) is 28.8 Å². The van der Waals surface area contributed by atoms with Crippen LogP contribution in [0.4, 0.5) is 5.69 Å². The fraction of sp³-hybridized carbons (Fsp3) is 0.684. The van der Waals surface area contributed by atoms with E-state index in [1.165, 1.54) is 69.4 Å². The lowest BCUT2D eigenvalue weighted by molar-refractivity contribution is 0.221. The normalized spacial score (nSPS) is 21.3. The molecule has 2 nitrogen and oxygen atoms in total. The summed E-state index contributed by atoms with van der Waals surface area (Å²) in [5, 5.41) is 0.856. The van der Waals surface area contributed by atoms with Crippen LogP contribution >= 0.6 is 11.6 Å². The van der Waals surface area contributed by atoms with E-state index in [-0.39, 0.29) is 0 Å². The molecule has 1 aliphatic heterocycles. The molecule has 0 bridgehead atoms. The van der Waals surface area contributed by atoms with Gasteiger partial charge in [0, 0.05) is 36.9 Å². The predicted octanol–water partition coefficient (Wildman–Crippen LogP) is 4.74. The van der Waals surface area contributed by atoms with Crippen molar-refractivity contribution in [2.45, 2.75) is 45.4 Å². The largest absolute Gasteiger partial charge is 0.369 e. The van der Waals surface area contributed by atoms with E-state index in [9.17, 15) is 0 Å². The van der Waals surface area contributed by atoms with E-state index in [2.05, 4.69) is 28.9 Å². The molecule has 2 aliphatic rings. The zero-order valence-electron chi connectivity index (χ0n) is 13.9. The highest BCUT2D eigenvalue weighted by atomic mass is 35.5. The van der Waals surface area contributed by atoms with Gasteiger partial charge < -0.3 is 4.90 Å². The molecule has 1 saturated heterocycles. The number of nitrogens with zero attached hydrogens (tertiary/aromatic N) is 2. The van der Waals surface area contributed by atoms with Crippen LogP contribution in [0.1, 0.15) is 44.1 Å². The molecule has 3 rings (SSSR count). The number of aryl methyl sites for hydroxylation is 1. The zero-order valence-corrected chi connectivity index (χ0v) is 14.6. The van der Waals surface area contributed by atoms with Crippen LogP contribution in [0.5, 0.6) is 0 Å². The lowest BCUT2D eigenvalue weighted by atomic mass is 9.87. The first-order valence-electron chi connectivity index (χ1n) is 8.95. The van der Waals surface area contributed by atoms with E-state index in [4.69, 9.17) is 11.6 Å². The van der Waals surface area contributed by atoms with Gasteiger partial charge in [0.1, 0.15) is 0 Å². The summed E-state index contributed by atoms with van der Waals surface area (Å²) in [7, 11) is 0. The summed E-state index contributed by atoms with van der Waals surface area (Å²) >= 11 is 6.20. The Morgan fingerprint density at radius 2 is 1.73 bits per heavy atom. The van der Waals surface area contributed by atoms with E-state index in [1.807, 2.05) is 6.07 Å². The fourth-order valence-corrected chi connectivity index (χ4v) is 4.25. The van der Waals surface area contributed by atoms with Crippen molar-refractivity contribution >= 4 is 17.3 Å². The molecule has 1 aromatic carbocycles. The molecule has 1 aliphatic carbocycles. The molecule has 1 aromatic rings. The number of hydrogen-bond acceptors (Lipinski definition) is 2. The van der Waals surface area contributed by atoms with Crippen molar-refractivity contribution in [3.8, 4) is 0 Å². The Morgan fingerprint density at radius 1 is 1.00 bits per heavy atom. The highest BCUT2D eigenvalue weighted by molar-refractivity contribution is 6.30. The molecular formula is C19H29ClN2. The van der Waals surface area contributed by atoms with E-state index in [0.717, 1.165) is 24.0 Å². The predicted molar refractivity (Wildman–Crippen MR) is 96.0 cm³/mol. The summed E-state index contributed by atoms with van der Waals surface area (Å²) in [5.74, 6) is 1.00. The third kappa shape index (κ3) is 4.39. The number of benzene rings is 1. The summed E-state index contributed by atoms with van der Waals surface area (Å²) in [4.78, 5) is 5.14. The van der Waals surface area contributed by atoms with Gasteiger partial charge in [-0.3, -0.25) is 4.90 Å². The second-order valence-corrected chi connectivity index (χ2v) is 7.54. The van der Waals surface area contributed by atoms with Crippen LogP contribution in [0.3, 0.4) is 0 Å². The van der Waals surface area contributed by atoms with E-state index in [1.54, 1.807) is 0 Å². The minimum atomic E-state index is 0.856. The quantitative estimate of drug-likeness (QED) is 0.790. The standard InChI is InChI=1S/C19H29ClN2/c1-16-13-18(20)15-19(14-16)22-11-9-21(10-12-22)8-7-17-5-3-2-4-6-17/h13-15,17H,2-12H2,1H3. The van der Waals surface area contributed by atoms with Gasteiger partial charge in [-0.2, -0.15) is 0 Å². The maximum Gasteiger partial charge on any atom is 0.0429 e. The third-order valence-corrected chi connectivity index (χ3v) is 5.56. The monoisotopic (exact) mass is 320 g/mol. The van der Waals surface area contributed by atoms with Crippen molar-refractivity contribution < 1.29 is 0 Å². The molecule has 0 atom stereocenters. The molecule has 0 aromatic heterocycles. The molecule has 0 spiro atoms. The van der Waals surface area contributed by atoms with Gasteiger partial charge in [-0.1, -0.05) is 43.7 Å². The molecule has 3 heteroatoms. The number of piperazine rings is 1. The van der Waals surface area contributed by atoms with E-state index in [0.29, 0.717) is 0 Å². The van der Waals surface area contributed by atoms with Crippen LogP contribution < -0.4 is 4.90 Å². The van der Waals surface area contributed by atoms with Gasteiger partial charge in [0.2, 0.25) is 0 Å². The Kier molecular flexibility index (Phi) is 5.65. The average molecular weight is 321 g/mol. The summed E-state index contributed by atoms with van der Waals surface area (Å²) in [5.41, 5.74) is 2.54. The maximum absolute atomic E-state index is 6.20. The first-order chi connectivity index (χ1) is 10.7. The molecule has 2 fully saturated rings. The van der Waals surface area contributed by atoms with Crippen molar-refractivity contribution in [2.24, 2.45) is 5.92 Å². The Hall–Kier alpha value is -0.730. The number of rotatable bonds is 4. The summed E-state index contributed by atoms with van der Waals surface area (Å²) in [6.07, 6.45) is 8.76. The van der Waals surface area contributed by atoms with Crippen LogP contribution in [0.25, 0.3) is 0 Å². The fourth-order valence-electron chi connectivity index (χ4n) is 3.97. The van der Waals surface area contributed by atoms with Gasteiger partial charge >= 0.3 is 0 Å². The number of hydrogen-bond donors (Lipinski definition) is 0. The maximum atomic E-state index is 6.20. The number of anilines is 1. The van der Waals surface area contributed by atoms with Crippen LogP contribution in [-0.2, 0) is 0 Å². The molecule has 1 heterocycles. The smallest absolute Gasteiger partial charge is 0.0429 e. The van der Waals surface area contributed by atoms with Gasteiger partial charge in [0.05, 0.1) is 0 Å². The number of halogens is 1. The Balaban J connectivity index is 1.45. The van der Waals surface area contributed by atoms with Crippen LogP contribution in [-0.4, -0.2) is 37.6 Å². The summed E-state index contributed by atoms with van der Waals surface area (Å²) < 4.78 is 0. The summed E-state index contributed by atoms with van der Waals surface area (Å²) in [6.45, 7) is 8.06. The van der Waals surface area contributed by atoms with Gasteiger partial charge in [0.25, 0.3) is 0 Å². The molecule has 0 N–H and O–H groups in total. The SMILES string of the molecule is Cc1cc(Cl)cc(N2CCN(CCC3CCCCC3)CC2)c1. The highest BCUT2D eigenvalue weighted by Crippen LogP contribution is 2.27. The zero-order chi connectivity index (χ0) is 15.4. The van der Waals surface area contributed by atoms with Crippen LogP contribution in [0.15, 0.2) is 18.2 Å². The van der Waals surface area contributed by atoms with Crippen molar-refractivity contribution in [2.75, 3.05) is 37.6 Å². The van der Waals surface area contributed by atoms with Crippen molar-refractivity contribution in [1.29, 1.82) is 0 Å². The molecule has 1 saturated carbocycles. The third-order valence-electron chi connectivity index (χ3n) is 5.34. The van der Waals surface area contributed by atoms with Gasteiger partial charge in [-0.25, -0.2) is 0 Å². The van der Waals surface area contributed by atoms with Crippen molar-refractivity contribution in [1.82, 2.24) is 4.90 Å². The first kappa shape index (κ1) is 16.1. The average Bonchev–Trinajstić information content (AvgIpc) is 2.53. The van der Waals surface area contributed by atoms with Gasteiger partial charge in [-0.15, -0.1) is 0 Å². The Bertz CT molecular complexity index is 454. The molecule has 22 heavy (non-hydrogen) atoms. The van der Waals surface area contributed by atoms with Gasteiger partial charge in [0.15, 0.2) is 0 Å². The lowest BCUT2D eigenvalue weighted by Crippen LogP contribution is -2.46. The summed E-state index contributed by atoms with van der Waals surface area (Å²) in [6, 6.07) is 6.39. The minimum absolute atomic E-state index is 0.856. The van der Waals surface area contributed by atoms with Gasteiger partial charge in [-0.05, 0) is 49.6 Å². The lowest BCUT2D eigenvalue weighted by Gasteiger charge is -2.37. The highest BCUT2D eigenvalue weighted by Gasteiger charge is 2.19. The molecule has 0 unspecified atom stereocenters. The minimum Gasteiger partial charge on any atom is -0.369 e. The molecule has 122 valence electrons. The Labute approximate surface area is 140 Å². The van der Waals surface area contributed by atoms with E-state index < -0.39 is 0 Å². The topological polar surface area (TPSA) is 6.48 Å². The first-order valence-corrected chi connectivity index (χ1v) is 9.33. The molecule has 0 radical (unpaired) electrons. The van der Waals surface area contributed by atoms with Crippen LogP contribution in [0.2, 0.25) is 5.02 Å². The van der Waals surface area contributed by atoms with E-state index >= 15 is 0 Å². The molecule has 0 amide bonds. The van der Waals surface area contributed by atoms with Crippen LogP contribution in [0, 0.1) is 12.8 Å². The molecular weight excluding hydrogens is 292 g/mol. The van der Waals surface area contributed by atoms with Crippen molar-refractivity contribution in [3.63, 3.8) is 0 Å². The second kappa shape index (κ2) is 7.70.